The van der Waals surface area contributed by atoms with E-state index in [1.54, 1.807) is 0 Å². The third kappa shape index (κ3) is 9.65. The smallest absolute Gasteiger partial charge is 0.0573 e. The molecule has 0 aliphatic carbocycles. The van der Waals surface area contributed by atoms with Crippen molar-refractivity contribution in [2.24, 2.45) is 0 Å². The summed E-state index contributed by atoms with van der Waals surface area (Å²) >= 11 is 0. The third-order valence-electron chi connectivity index (χ3n) is 1.82. The van der Waals surface area contributed by atoms with Crippen LogP contribution in [0.1, 0.15) is 26.2 Å². The lowest BCUT2D eigenvalue weighted by molar-refractivity contribution is 0.162. The maximum atomic E-state index is 9.26. The van der Waals surface area contributed by atoms with Gasteiger partial charge in [-0.3, -0.25) is 0 Å². The van der Waals surface area contributed by atoms with Crippen LogP contribution in [0, 0.1) is 11.8 Å². The molecule has 1 nitrogen and oxygen atoms in total. The van der Waals surface area contributed by atoms with Gasteiger partial charge in [0, 0.05) is 12.5 Å². The van der Waals surface area contributed by atoms with Gasteiger partial charge in [-0.25, -0.2) is 0 Å². The van der Waals surface area contributed by atoms with Crippen molar-refractivity contribution >= 4 is 8.07 Å². The molecule has 0 aromatic carbocycles. The van der Waals surface area contributed by atoms with Gasteiger partial charge in [0.15, 0.2) is 0 Å². The maximum Gasteiger partial charge on any atom is 0.0573 e. The van der Waals surface area contributed by atoms with Gasteiger partial charge in [0.25, 0.3) is 0 Å². The van der Waals surface area contributed by atoms with Crippen LogP contribution in [-0.4, -0.2) is 19.3 Å². The highest BCUT2D eigenvalue weighted by molar-refractivity contribution is 6.76. The van der Waals surface area contributed by atoms with Gasteiger partial charge in [-0.1, -0.05) is 26.6 Å². The molecule has 0 saturated carbocycles. The zero-order valence-electron chi connectivity index (χ0n) is 9.35. The first-order chi connectivity index (χ1) is 5.95. The Morgan fingerprint density at radius 3 is 2.31 bits per heavy atom. The Morgan fingerprint density at radius 1 is 1.23 bits per heavy atom. The Balaban J connectivity index is 3.52. The third-order valence-corrected chi connectivity index (χ3v) is 3.05. The summed E-state index contributed by atoms with van der Waals surface area (Å²) in [6, 6.07) is 1.08. The second kappa shape index (κ2) is 6.23. The van der Waals surface area contributed by atoms with Gasteiger partial charge < -0.3 is 5.11 Å². The molecule has 13 heavy (non-hydrogen) atoms. The van der Waals surface area contributed by atoms with Crippen LogP contribution in [0.5, 0.6) is 0 Å². The average Bonchev–Trinajstić information content (AvgIpc) is 2.01. The molecule has 0 saturated heterocycles. The van der Waals surface area contributed by atoms with Crippen molar-refractivity contribution < 1.29 is 5.11 Å². The van der Waals surface area contributed by atoms with E-state index < -0.39 is 8.07 Å². The highest BCUT2D eigenvalue weighted by Crippen LogP contribution is 2.06. The van der Waals surface area contributed by atoms with Crippen molar-refractivity contribution in [3.05, 3.63) is 0 Å². The molecule has 0 aromatic heterocycles. The number of rotatable bonds is 4. The van der Waals surface area contributed by atoms with Crippen molar-refractivity contribution in [1.82, 2.24) is 0 Å². The standard InChI is InChI=1S/C11H22OSi/c1-5-11(12)9-7-6-8-10-13(2,3)4/h11-12H,5,7,9-10H2,1-4H3/t11-/m0/s1. The summed E-state index contributed by atoms with van der Waals surface area (Å²) < 4.78 is 0. The molecule has 0 spiro atoms. The van der Waals surface area contributed by atoms with E-state index in [4.69, 9.17) is 0 Å². The molecular formula is C11H22OSi. The summed E-state index contributed by atoms with van der Waals surface area (Å²) in [4.78, 5) is 0. The predicted octanol–water partition coefficient (Wildman–Crippen LogP) is 2.88. The highest BCUT2D eigenvalue weighted by atomic mass is 28.3. The first kappa shape index (κ1) is 12.7. The zero-order chi connectivity index (χ0) is 10.3. The molecule has 0 heterocycles. The summed E-state index contributed by atoms with van der Waals surface area (Å²) in [5.41, 5.74) is 0. The SMILES string of the molecule is CC[C@H](O)CCC#CC[Si](C)(C)C. The summed E-state index contributed by atoms with van der Waals surface area (Å²) in [6.07, 6.45) is 2.37. The molecule has 0 rings (SSSR count). The van der Waals surface area contributed by atoms with Crippen LogP contribution >= 0.6 is 0 Å². The van der Waals surface area contributed by atoms with Gasteiger partial charge in [-0.2, -0.15) is 0 Å². The Hall–Kier alpha value is -0.263. The minimum Gasteiger partial charge on any atom is -0.393 e. The molecule has 0 aliphatic heterocycles. The van der Waals surface area contributed by atoms with Crippen molar-refractivity contribution in [1.29, 1.82) is 0 Å². The fraction of sp³-hybridized carbons (Fsp3) is 0.818. The van der Waals surface area contributed by atoms with Crippen LogP contribution in [0.3, 0.4) is 0 Å². The molecule has 0 unspecified atom stereocenters. The lowest BCUT2D eigenvalue weighted by Crippen LogP contribution is -2.17. The second-order valence-corrected chi connectivity index (χ2v) is 10.2. The van der Waals surface area contributed by atoms with Crippen LogP contribution in [0.25, 0.3) is 0 Å². The van der Waals surface area contributed by atoms with Crippen LogP contribution in [0.15, 0.2) is 0 Å². The quantitative estimate of drug-likeness (QED) is 0.544. The number of hydrogen-bond donors (Lipinski definition) is 1. The second-order valence-electron chi connectivity index (χ2n) is 4.69. The van der Waals surface area contributed by atoms with E-state index >= 15 is 0 Å². The Labute approximate surface area is 83.6 Å². The van der Waals surface area contributed by atoms with Gasteiger partial charge >= 0.3 is 0 Å². The molecule has 76 valence electrons. The molecule has 1 atom stereocenters. The summed E-state index contributed by atoms with van der Waals surface area (Å²) in [6.45, 7) is 8.97. The summed E-state index contributed by atoms with van der Waals surface area (Å²) in [5, 5.41) is 9.26. The summed E-state index contributed by atoms with van der Waals surface area (Å²) in [5.74, 6) is 6.34. The summed E-state index contributed by atoms with van der Waals surface area (Å²) in [7, 11) is -0.979. The Kier molecular flexibility index (Phi) is 6.10. The predicted molar refractivity (Wildman–Crippen MR) is 61.5 cm³/mol. The van der Waals surface area contributed by atoms with E-state index in [9.17, 15) is 5.11 Å². The van der Waals surface area contributed by atoms with Crippen LogP contribution in [0.2, 0.25) is 25.7 Å². The zero-order valence-corrected chi connectivity index (χ0v) is 10.4. The number of aliphatic hydroxyl groups excluding tert-OH is 1. The molecule has 0 radical (unpaired) electrons. The molecule has 2 heteroatoms. The minimum absolute atomic E-state index is 0.152. The monoisotopic (exact) mass is 198 g/mol. The Bertz CT molecular complexity index is 182. The number of hydrogen-bond acceptors (Lipinski definition) is 1. The van der Waals surface area contributed by atoms with E-state index in [0.717, 1.165) is 25.3 Å². The van der Waals surface area contributed by atoms with Gasteiger partial charge in [-0.05, 0) is 12.8 Å². The fourth-order valence-electron chi connectivity index (χ4n) is 0.859. The molecule has 0 aromatic rings. The molecule has 0 amide bonds. The van der Waals surface area contributed by atoms with E-state index in [2.05, 4.69) is 31.5 Å². The van der Waals surface area contributed by atoms with Crippen LogP contribution in [0.4, 0.5) is 0 Å². The first-order valence-electron chi connectivity index (χ1n) is 5.09. The van der Waals surface area contributed by atoms with Crippen molar-refractivity contribution in [2.75, 3.05) is 0 Å². The van der Waals surface area contributed by atoms with Gasteiger partial charge in [-0.15, -0.1) is 11.8 Å². The van der Waals surface area contributed by atoms with Crippen molar-refractivity contribution in [2.45, 2.75) is 58.0 Å². The largest absolute Gasteiger partial charge is 0.393 e. The van der Waals surface area contributed by atoms with Crippen molar-refractivity contribution in [3.8, 4) is 11.8 Å². The Morgan fingerprint density at radius 2 is 1.85 bits per heavy atom. The van der Waals surface area contributed by atoms with E-state index in [1.165, 1.54) is 0 Å². The minimum atomic E-state index is -0.979. The molecule has 1 N–H and O–H groups in total. The lowest BCUT2D eigenvalue weighted by Gasteiger charge is -2.09. The lowest BCUT2D eigenvalue weighted by atomic mass is 10.1. The van der Waals surface area contributed by atoms with E-state index in [-0.39, 0.29) is 6.10 Å². The molecule has 0 bridgehead atoms. The van der Waals surface area contributed by atoms with Crippen molar-refractivity contribution in [3.63, 3.8) is 0 Å². The topological polar surface area (TPSA) is 20.2 Å². The van der Waals surface area contributed by atoms with Gasteiger partial charge in [0.05, 0.1) is 14.2 Å². The van der Waals surface area contributed by atoms with E-state index in [1.807, 2.05) is 6.92 Å². The van der Waals surface area contributed by atoms with Gasteiger partial charge in [0.2, 0.25) is 0 Å². The van der Waals surface area contributed by atoms with E-state index in [0.29, 0.717) is 0 Å². The van der Waals surface area contributed by atoms with Crippen LogP contribution < -0.4 is 0 Å². The molecule has 0 aliphatic rings. The number of aliphatic hydroxyl groups is 1. The molecular weight excluding hydrogens is 176 g/mol. The fourth-order valence-corrected chi connectivity index (χ4v) is 1.51. The highest BCUT2D eigenvalue weighted by Gasteiger charge is 2.09. The van der Waals surface area contributed by atoms with Gasteiger partial charge in [0.1, 0.15) is 0 Å². The maximum absolute atomic E-state index is 9.26. The van der Waals surface area contributed by atoms with Crippen LogP contribution in [-0.2, 0) is 0 Å². The molecule has 0 fully saturated rings. The first-order valence-corrected chi connectivity index (χ1v) is 8.80. The normalized spacial score (nSPS) is 13.3. The average molecular weight is 198 g/mol.